The first kappa shape index (κ1) is 11.5. The Hall–Kier alpha value is -1.54. The molecule has 1 aliphatic rings. The lowest BCUT2D eigenvalue weighted by atomic mass is 10.0. The zero-order chi connectivity index (χ0) is 12.4. The van der Waals surface area contributed by atoms with Gasteiger partial charge in [-0.15, -0.1) is 0 Å². The third-order valence-electron chi connectivity index (χ3n) is 3.79. The van der Waals surface area contributed by atoms with Crippen molar-refractivity contribution in [2.75, 3.05) is 0 Å². The van der Waals surface area contributed by atoms with Gasteiger partial charge in [0.05, 0.1) is 12.8 Å². The van der Waals surface area contributed by atoms with E-state index in [1.807, 2.05) is 12.1 Å². The van der Waals surface area contributed by atoms with Crippen LogP contribution in [0.4, 0.5) is 0 Å². The van der Waals surface area contributed by atoms with Crippen molar-refractivity contribution in [2.45, 2.75) is 38.8 Å². The summed E-state index contributed by atoms with van der Waals surface area (Å²) >= 11 is 0. The van der Waals surface area contributed by atoms with Crippen molar-refractivity contribution in [2.24, 2.45) is 0 Å². The molecule has 0 fully saturated rings. The van der Waals surface area contributed by atoms with Gasteiger partial charge in [-0.05, 0) is 55.0 Å². The molecule has 0 saturated carbocycles. The lowest BCUT2D eigenvalue weighted by Crippen LogP contribution is -2.17. The van der Waals surface area contributed by atoms with E-state index in [2.05, 4.69) is 30.4 Å². The van der Waals surface area contributed by atoms with Gasteiger partial charge in [0, 0.05) is 6.04 Å². The van der Waals surface area contributed by atoms with Gasteiger partial charge in [-0.25, -0.2) is 0 Å². The van der Waals surface area contributed by atoms with Crippen molar-refractivity contribution in [3.05, 3.63) is 59.0 Å². The minimum Gasteiger partial charge on any atom is -0.468 e. The molecule has 0 bridgehead atoms. The Labute approximate surface area is 108 Å². The number of hydrogen-bond acceptors (Lipinski definition) is 2. The molecule has 0 aliphatic heterocycles. The summed E-state index contributed by atoms with van der Waals surface area (Å²) in [6.07, 6.45) is 5.53. The number of nitrogens with one attached hydrogen (secondary N) is 1. The molecule has 1 aromatic carbocycles. The molecular weight excluding hydrogens is 222 g/mol. The topological polar surface area (TPSA) is 25.2 Å². The van der Waals surface area contributed by atoms with Gasteiger partial charge >= 0.3 is 0 Å². The molecule has 2 aromatic rings. The van der Waals surface area contributed by atoms with E-state index in [9.17, 15) is 0 Å². The summed E-state index contributed by atoms with van der Waals surface area (Å²) in [4.78, 5) is 0. The number of fused-ring (bicyclic) bond motifs is 1. The molecular formula is C16H19NO. The molecule has 1 aromatic heterocycles. The van der Waals surface area contributed by atoms with Crippen LogP contribution in [0.25, 0.3) is 0 Å². The van der Waals surface area contributed by atoms with Crippen molar-refractivity contribution >= 4 is 0 Å². The molecule has 0 amide bonds. The van der Waals surface area contributed by atoms with Gasteiger partial charge in [-0.3, -0.25) is 0 Å². The van der Waals surface area contributed by atoms with E-state index in [1.165, 1.54) is 30.4 Å². The normalized spacial score (nSPS) is 15.6. The van der Waals surface area contributed by atoms with Crippen molar-refractivity contribution in [1.29, 1.82) is 0 Å². The molecule has 2 nitrogen and oxygen atoms in total. The molecule has 0 radical (unpaired) electrons. The van der Waals surface area contributed by atoms with Gasteiger partial charge in [0.1, 0.15) is 5.76 Å². The fourth-order valence-corrected chi connectivity index (χ4v) is 2.65. The molecule has 94 valence electrons. The van der Waals surface area contributed by atoms with Crippen LogP contribution in [0.2, 0.25) is 0 Å². The molecule has 2 heteroatoms. The SMILES string of the molecule is CC(NCc1ccco1)c1ccc2c(c1)CCC2. The van der Waals surface area contributed by atoms with Crippen LogP contribution in [0, 0.1) is 0 Å². The Morgan fingerprint density at radius 3 is 2.94 bits per heavy atom. The Bertz CT molecular complexity index is 516. The van der Waals surface area contributed by atoms with E-state index in [0.717, 1.165) is 12.3 Å². The molecule has 1 atom stereocenters. The fraction of sp³-hybridized carbons (Fsp3) is 0.375. The molecule has 1 aliphatic carbocycles. The second kappa shape index (κ2) is 4.99. The van der Waals surface area contributed by atoms with Crippen LogP contribution in [-0.4, -0.2) is 0 Å². The fourth-order valence-electron chi connectivity index (χ4n) is 2.65. The van der Waals surface area contributed by atoms with Crippen LogP contribution in [-0.2, 0) is 19.4 Å². The number of benzene rings is 1. The van der Waals surface area contributed by atoms with Crippen LogP contribution in [0.5, 0.6) is 0 Å². The minimum atomic E-state index is 0.362. The molecule has 1 N–H and O–H groups in total. The second-order valence-corrected chi connectivity index (χ2v) is 5.06. The Balaban J connectivity index is 1.67. The monoisotopic (exact) mass is 241 g/mol. The summed E-state index contributed by atoms with van der Waals surface area (Å²) in [5.41, 5.74) is 4.46. The Morgan fingerprint density at radius 1 is 1.22 bits per heavy atom. The number of rotatable bonds is 4. The summed E-state index contributed by atoms with van der Waals surface area (Å²) in [6, 6.07) is 11.2. The van der Waals surface area contributed by atoms with Crippen LogP contribution >= 0.6 is 0 Å². The quantitative estimate of drug-likeness (QED) is 0.884. The molecule has 3 rings (SSSR count). The van der Waals surface area contributed by atoms with Gasteiger partial charge in [0.25, 0.3) is 0 Å². The Kier molecular flexibility index (Phi) is 3.20. The zero-order valence-electron chi connectivity index (χ0n) is 10.8. The van der Waals surface area contributed by atoms with Crippen molar-refractivity contribution in [3.63, 3.8) is 0 Å². The highest BCUT2D eigenvalue weighted by molar-refractivity contribution is 5.36. The summed E-state index contributed by atoms with van der Waals surface area (Å²) in [5, 5.41) is 3.50. The highest BCUT2D eigenvalue weighted by Crippen LogP contribution is 2.25. The second-order valence-electron chi connectivity index (χ2n) is 5.06. The van der Waals surface area contributed by atoms with Gasteiger partial charge in [-0.2, -0.15) is 0 Å². The van der Waals surface area contributed by atoms with Crippen LogP contribution in [0.3, 0.4) is 0 Å². The van der Waals surface area contributed by atoms with Crippen molar-refractivity contribution < 1.29 is 4.42 Å². The first-order chi connectivity index (χ1) is 8.83. The Morgan fingerprint density at radius 2 is 2.11 bits per heavy atom. The highest BCUT2D eigenvalue weighted by atomic mass is 16.3. The van der Waals surface area contributed by atoms with E-state index in [1.54, 1.807) is 11.8 Å². The smallest absolute Gasteiger partial charge is 0.117 e. The maximum absolute atomic E-state index is 5.33. The number of aryl methyl sites for hydroxylation is 2. The predicted molar refractivity (Wildman–Crippen MR) is 72.4 cm³/mol. The molecule has 1 unspecified atom stereocenters. The predicted octanol–water partition coefficient (Wildman–Crippen LogP) is 3.62. The van der Waals surface area contributed by atoms with E-state index in [0.29, 0.717) is 6.04 Å². The third kappa shape index (κ3) is 2.34. The summed E-state index contributed by atoms with van der Waals surface area (Å²) < 4.78 is 5.33. The zero-order valence-corrected chi connectivity index (χ0v) is 10.8. The lowest BCUT2D eigenvalue weighted by Gasteiger charge is -2.14. The van der Waals surface area contributed by atoms with Crippen LogP contribution < -0.4 is 5.32 Å². The van der Waals surface area contributed by atoms with Crippen molar-refractivity contribution in [1.82, 2.24) is 5.32 Å². The summed E-state index contributed by atoms with van der Waals surface area (Å²) in [7, 11) is 0. The van der Waals surface area contributed by atoms with E-state index >= 15 is 0 Å². The average Bonchev–Trinajstić information content (AvgIpc) is 3.05. The molecule has 18 heavy (non-hydrogen) atoms. The van der Waals surface area contributed by atoms with E-state index in [-0.39, 0.29) is 0 Å². The molecule has 0 spiro atoms. The minimum absolute atomic E-state index is 0.362. The standard InChI is InChI=1S/C16H19NO/c1-12(17-11-16-6-3-9-18-16)14-8-7-13-4-2-5-15(13)10-14/h3,6-10,12,17H,2,4-5,11H2,1H3. The lowest BCUT2D eigenvalue weighted by molar-refractivity contribution is 0.460. The number of hydrogen-bond donors (Lipinski definition) is 1. The third-order valence-corrected chi connectivity index (χ3v) is 3.79. The largest absolute Gasteiger partial charge is 0.468 e. The van der Waals surface area contributed by atoms with Gasteiger partial charge in [0.2, 0.25) is 0 Å². The maximum Gasteiger partial charge on any atom is 0.117 e. The van der Waals surface area contributed by atoms with Crippen LogP contribution in [0.15, 0.2) is 41.0 Å². The number of furan rings is 1. The van der Waals surface area contributed by atoms with Gasteiger partial charge < -0.3 is 9.73 Å². The maximum atomic E-state index is 5.33. The summed E-state index contributed by atoms with van der Waals surface area (Å²) in [5.74, 6) is 0.989. The van der Waals surface area contributed by atoms with E-state index < -0.39 is 0 Å². The molecule has 1 heterocycles. The first-order valence-electron chi connectivity index (χ1n) is 6.70. The van der Waals surface area contributed by atoms with Gasteiger partial charge in [0.15, 0.2) is 0 Å². The highest BCUT2D eigenvalue weighted by Gasteiger charge is 2.13. The van der Waals surface area contributed by atoms with Crippen molar-refractivity contribution in [3.8, 4) is 0 Å². The van der Waals surface area contributed by atoms with Crippen LogP contribution in [0.1, 0.15) is 41.8 Å². The van der Waals surface area contributed by atoms with E-state index in [4.69, 9.17) is 4.42 Å². The summed E-state index contributed by atoms with van der Waals surface area (Å²) in [6.45, 7) is 2.99. The molecule has 0 saturated heterocycles. The first-order valence-corrected chi connectivity index (χ1v) is 6.70. The van der Waals surface area contributed by atoms with Gasteiger partial charge in [-0.1, -0.05) is 18.2 Å². The average molecular weight is 241 g/mol.